The Morgan fingerprint density at radius 1 is 1.38 bits per heavy atom. The van der Waals surface area contributed by atoms with Gasteiger partial charge >= 0.3 is 0 Å². The number of likely N-dealkylation sites (tertiary alicyclic amines) is 1. The lowest BCUT2D eigenvalue weighted by Crippen LogP contribution is -2.41. The van der Waals surface area contributed by atoms with Crippen molar-refractivity contribution in [2.75, 3.05) is 32.0 Å². The fourth-order valence-corrected chi connectivity index (χ4v) is 3.18. The number of aromatic nitrogens is 2. The first-order valence-electron chi connectivity index (χ1n) is 7.82. The zero-order valence-electron chi connectivity index (χ0n) is 13.1. The Labute approximate surface area is 126 Å². The van der Waals surface area contributed by atoms with E-state index in [0.717, 1.165) is 37.3 Å². The minimum absolute atomic E-state index is 0.256. The van der Waals surface area contributed by atoms with E-state index in [-0.39, 0.29) is 6.61 Å². The molecule has 21 heavy (non-hydrogen) atoms. The van der Waals surface area contributed by atoms with Crippen molar-refractivity contribution in [3.05, 3.63) is 11.4 Å². The summed E-state index contributed by atoms with van der Waals surface area (Å²) in [6, 6.07) is 0. The number of nitrogen functional groups attached to an aromatic ring is 1. The van der Waals surface area contributed by atoms with Crippen LogP contribution in [-0.2, 0) is 6.54 Å². The number of aryl methyl sites for hydroxylation is 1. The first-order valence-corrected chi connectivity index (χ1v) is 7.82. The molecule has 1 aliphatic heterocycles. The molecule has 1 aromatic rings. The third-order valence-corrected chi connectivity index (χ3v) is 4.43. The van der Waals surface area contributed by atoms with Crippen molar-refractivity contribution in [2.45, 2.75) is 45.8 Å². The Morgan fingerprint density at radius 3 is 2.76 bits per heavy atom. The van der Waals surface area contributed by atoms with E-state index in [0.29, 0.717) is 24.7 Å². The summed E-state index contributed by atoms with van der Waals surface area (Å²) in [5.74, 6) is 0.556. The second-order valence-corrected chi connectivity index (χ2v) is 6.20. The number of hydrogen-bond acceptors (Lipinski definition) is 5. The molecule has 0 aliphatic carbocycles. The first kappa shape index (κ1) is 16.3. The van der Waals surface area contributed by atoms with Crippen LogP contribution in [0.25, 0.3) is 0 Å². The molecule has 0 spiro atoms. The summed E-state index contributed by atoms with van der Waals surface area (Å²) < 4.78 is 1.80. The summed E-state index contributed by atoms with van der Waals surface area (Å²) in [5, 5.41) is 23.7. The lowest BCUT2D eigenvalue weighted by Gasteiger charge is -2.33. The van der Waals surface area contributed by atoms with Gasteiger partial charge in [0.05, 0.1) is 29.7 Å². The molecule has 1 aromatic heterocycles. The molecule has 0 amide bonds. The molecule has 2 atom stereocenters. The summed E-state index contributed by atoms with van der Waals surface area (Å²) in [6.07, 6.45) is 2.74. The molecule has 2 rings (SSSR count). The number of aliphatic hydroxyl groups is 2. The van der Waals surface area contributed by atoms with Crippen LogP contribution in [0, 0.1) is 19.8 Å². The highest BCUT2D eigenvalue weighted by atomic mass is 16.3. The minimum atomic E-state index is -0.449. The summed E-state index contributed by atoms with van der Waals surface area (Å²) in [6.45, 7) is 7.20. The van der Waals surface area contributed by atoms with Crippen LogP contribution in [0.2, 0.25) is 0 Å². The van der Waals surface area contributed by atoms with Crippen LogP contribution in [0.1, 0.15) is 30.7 Å². The summed E-state index contributed by atoms with van der Waals surface area (Å²) in [7, 11) is 0. The van der Waals surface area contributed by atoms with Gasteiger partial charge in [-0.25, -0.2) is 0 Å². The Morgan fingerprint density at radius 2 is 2.14 bits per heavy atom. The van der Waals surface area contributed by atoms with Gasteiger partial charge in [0.15, 0.2) is 0 Å². The molecule has 0 aromatic carbocycles. The van der Waals surface area contributed by atoms with Crippen LogP contribution >= 0.6 is 0 Å². The smallest absolute Gasteiger partial charge is 0.0862 e. The van der Waals surface area contributed by atoms with E-state index in [1.807, 2.05) is 13.8 Å². The molecule has 6 heteroatoms. The van der Waals surface area contributed by atoms with Crippen molar-refractivity contribution in [3.63, 3.8) is 0 Å². The number of nitrogens with two attached hydrogens (primary N) is 1. The third-order valence-electron chi connectivity index (χ3n) is 4.43. The average molecular weight is 296 g/mol. The molecule has 1 fully saturated rings. The molecule has 1 saturated heterocycles. The molecule has 2 heterocycles. The number of anilines is 1. The second-order valence-electron chi connectivity index (χ2n) is 6.20. The summed E-state index contributed by atoms with van der Waals surface area (Å²) >= 11 is 0. The van der Waals surface area contributed by atoms with Crippen LogP contribution in [-0.4, -0.2) is 57.2 Å². The van der Waals surface area contributed by atoms with Crippen LogP contribution in [0.15, 0.2) is 0 Å². The molecule has 1 aliphatic rings. The number of hydrogen-bond donors (Lipinski definition) is 3. The molecule has 6 nitrogen and oxygen atoms in total. The van der Waals surface area contributed by atoms with Crippen molar-refractivity contribution in [1.82, 2.24) is 14.7 Å². The highest BCUT2D eigenvalue weighted by Crippen LogP contribution is 2.20. The van der Waals surface area contributed by atoms with E-state index < -0.39 is 6.10 Å². The number of β-amino-alcohol motifs (C(OH)–C–C–N with tert-alkyl or cyclic N) is 1. The van der Waals surface area contributed by atoms with Gasteiger partial charge in [-0.3, -0.25) is 4.68 Å². The van der Waals surface area contributed by atoms with Crippen molar-refractivity contribution in [3.8, 4) is 0 Å². The van der Waals surface area contributed by atoms with E-state index in [2.05, 4.69) is 10.00 Å². The number of nitrogens with zero attached hydrogens (tertiary/aromatic N) is 3. The standard InChI is InChI=1S/C15H28N4O2/c1-11-15(16)12(2)19(17-11)10-14(21)9-18-6-3-4-13(8-18)5-7-20/h13-14,20-21H,3-10,16H2,1-2H3. The van der Waals surface area contributed by atoms with Crippen LogP contribution in [0.5, 0.6) is 0 Å². The molecular weight excluding hydrogens is 268 g/mol. The van der Waals surface area contributed by atoms with E-state index in [1.165, 1.54) is 6.42 Å². The maximum absolute atomic E-state index is 10.3. The molecule has 0 saturated carbocycles. The van der Waals surface area contributed by atoms with Gasteiger partial charge in [-0.05, 0) is 45.6 Å². The zero-order valence-corrected chi connectivity index (χ0v) is 13.1. The molecule has 0 bridgehead atoms. The van der Waals surface area contributed by atoms with Crippen molar-refractivity contribution in [1.29, 1.82) is 0 Å². The Bertz CT molecular complexity index is 459. The predicted molar refractivity (Wildman–Crippen MR) is 83.0 cm³/mol. The van der Waals surface area contributed by atoms with Crippen molar-refractivity contribution in [2.24, 2.45) is 5.92 Å². The van der Waals surface area contributed by atoms with Gasteiger partial charge < -0.3 is 20.8 Å². The van der Waals surface area contributed by atoms with Gasteiger partial charge in [0.25, 0.3) is 0 Å². The van der Waals surface area contributed by atoms with Crippen LogP contribution in [0.4, 0.5) is 5.69 Å². The third kappa shape index (κ3) is 4.18. The zero-order chi connectivity index (χ0) is 15.4. The number of aliphatic hydroxyl groups excluding tert-OH is 2. The van der Waals surface area contributed by atoms with E-state index >= 15 is 0 Å². The predicted octanol–water partition coefficient (Wildman–Crippen LogP) is 0.537. The van der Waals surface area contributed by atoms with Gasteiger partial charge in [-0.2, -0.15) is 5.10 Å². The highest BCUT2D eigenvalue weighted by molar-refractivity contribution is 5.46. The monoisotopic (exact) mass is 296 g/mol. The highest BCUT2D eigenvalue weighted by Gasteiger charge is 2.22. The number of piperidine rings is 1. The Balaban J connectivity index is 1.86. The maximum atomic E-state index is 10.3. The normalized spacial score (nSPS) is 21.6. The summed E-state index contributed by atoms with van der Waals surface area (Å²) in [4.78, 5) is 2.30. The minimum Gasteiger partial charge on any atom is -0.396 e. The van der Waals surface area contributed by atoms with Crippen molar-refractivity contribution >= 4 is 5.69 Å². The SMILES string of the molecule is Cc1nn(CC(O)CN2CCCC(CCO)C2)c(C)c1N. The van der Waals surface area contributed by atoms with Gasteiger partial charge in [0, 0.05) is 19.7 Å². The average Bonchev–Trinajstić information content (AvgIpc) is 2.67. The molecule has 120 valence electrons. The summed E-state index contributed by atoms with van der Waals surface area (Å²) in [5.41, 5.74) is 8.37. The Hall–Kier alpha value is -1.11. The van der Waals surface area contributed by atoms with E-state index in [9.17, 15) is 5.11 Å². The molecular formula is C15H28N4O2. The quantitative estimate of drug-likeness (QED) is 0.713. The lowest BCUT2D eigenvalue weighted by atomic mass is 9.95. The van der Waals surface area contributed by atoms with E-state index in [4.69, 9.17) is 10.8 Å². The fraction of sp³-hybridized carbons (Fsp3) is 0.800. The molecule has 0 radical (unpaired) electrons. The van der Waals surface area contributed by atoms with Gasteiger partial charge in [0.2, 0.25) is 0 Å². The van der Waals surface area contributed by atoms with Gasteiger partial charge in [0.1, 0.15) is 0 Å². The largest absolute Gasteiger partial charge is 0.396 e. The van der Waals surface area contributed by atoms with Crippen LogP contribution in [0.3, 0.4) is 0 Å². The fourth-order valence-electron chi connectivity index (χ4n) is 3.18. The van der Waals surface area contributed by atoms with E-state index in [1.54, 1.807) is 4.68 Å². The molecule has 2 unspecified atom stereocenters. The second kappa shape index (κ2) is 7.24. The maximum Gasteiger partial charge on any atom is 0.0862 e. The first-order chi connectivity index (χ1) is 10.0. The van der Waals surface area contributed by atoms with Crippen LogP contribution < -0.4 is 5.73 Å². The topological polar surface area (TPSA) is 87.5 Å². The van der Waals surface area contributed by atoms with Gasteiger partial charge in [-0.1, -0.05) is 0 Å². The Kier molecular flexibility index (Phi) is 5.61. The lowest BCUT2D eigenvalue weighted by molar-refractivity contribution is 0.0665. The molecule has 4 N–H and O–H groups in total. The van der Waals surface area contributed by atoms with Gasteiger partial charge in [-0.15, -0.1) is 0 Å². The van der Waals surface area contributed by atoms with Crippen molar-refractivity contribution < 1.29 is 10.2 Å². The number of rotatable bonds is 6.